The molecule has 0 spiro atoms. The lowest BCUT2D eigenvalue weighted by Crippen LogP contribution is -2.49. The summed E-state index contributed by atoms with van der Waals surface area (Å²) in [4.78, 5) is 14.3. The molecule has 2 heterocycles. The van der Waals surface area contributed by atoms with Gasteiger partial charge in [0.1, 0.15) is 18.5 Å². The number of benzene rings is 2. The number of nitrogens with zero attached hydrogens (tertiary/aromatic N) is 1. The van der Waals surface area contributed by atoms with Gasteiger partial charge in [0, 0.05) is 6.54 Å². The number of ether oxygens (including phenoxy) is 2. The fourth-order valence-corrected chi connectivity index (χ4v) is 3.93. The molecule has 6 heteroatoms. The largest absolute Gasteiger partial charge is 0.445 e. The monoisotopic (exact) mass is 419 g/mol. The summed E-state index contributed by atoms with van der Waals surface area (Å²) in [5, 5.41) is 0. The number of halogens is 2. The predicted octanol–water partition coefficient (Wildman–Crippen LogP) is 4.31. The average molecular weight is 420 g/mol. The van der Waals surface area contributed by atoms with Gasteiger partial charge in [-0.2, -0.15) is 0 Å². The molecule has 26 heavy (non-hydrogen) atoms. The van der Waals surface area contributed by atoms with Gasteiger partial charge in [0.2, 0.25) is 0 Å². The smallest absolute Gasteiger partial charge is 0.410 e. The van der Waals surface area contributed by atoms with Crippen LogP contribution in [0.3, 0.4) is 0 Å². The molecule has 4 nitrogen and oxygen atoms in total. The van der Waals surface area contributed by atoms with E-state index in [-0.39, 0.29) is 36.8 Å². The Morgan fingerprint density at radius 1 is 1.23 bits per heavy atom. The number of amides is 1. The number of piperidine rings is 1. The molecule has 2 aromatic carbocycles. The van der Waals surface area contributed by atoms with Crippen LogP contribution >= 0.6 is 15.9 Å². The molecule has 0 aromatic heterocycles. The van der Waals surface area contributed by atoms with Crippen LogP contribution in [0.5, 0.6) is 0 Å². The van der Waals surface area contributed by atoms with Crippen LogP contribution in [0.25, 0.3) is 0 Å². The van der Waals surface area contributed by atoms with Gasteiger partial charge in [0.25, 0.3) is 0 Å². The van der Waals surface area contributed by atoms with Crippen LogP contribution in [0.1, 0.15) is 17.5 Å². The number of epoxide rings is 1. The van der Waals surface area contributed by atoms with Crippen molar-refractivity contribution < 1.29 is 18.7 Å². The summed E-state index contributed by atoms with van der Waals surface area (Å²) in [5.41, 5.74) is 1.51. The maximum absolute atomic E-state index is 14.4. The van der Waals surface area contributed by atoms with Gasteiger partial charge >= 0.3 is 6.09 Å². The van der Waals surface area contributed by atoms with Crippen LogP contribution in [0, 0.1) is 5.82 Å². The highest BCUT2D eigenvalue weighted by Crippen LogP contribution is 2.38. The van der Waals surface area contributed by atoms with Crippen molar-refractivity contribution in [2.75, 3.05) is 6.54 Å². The van der Waals surface area contributed by atoms with Crippen molar-refractivity contribution in [2.45, 2.75) is 37.7 Å². The third kappa shape index (κ3) is 3.62. The zero-order valence-electron chi connectivity index (χ0n) is 14.1. The summed E-state index contributed by atoms with van der Waals surface area (Å²) < 4.78 is 26.0. The number of carbonyl (C=O) groups is 1. The fraction of sp³-hybridized carbons (Fsp3) is 0.350. The first kappa shape index (κ1) is 17.5. The van der Waals surface area contributed by atoms with E-state index in [4.69, 9.17) is 9.47 Å². The molecule has 0 radical (unpaired) electrons. The van der Waals surface area contributed by atoms with Gasteiger partial charge in [0.15, 0.2) is 0 Å². The van der Waals surface area contributed by atoms with Gasteiger partial charge in [-0.05, 0) is 46.0 Å². The molecule has 2 aliphatic rings. The van der Waals surface area contributed by atoms with E-state index in [0.29, 0.717) is 23.0 Å². The van der Waals surface area contributed by atoms with Crippen LogP contribution in [0.4, 0.5) is 9.18 Å². The van der Waals surface area contributed by atoms with E-state index in [9.17, 15) is 9.18 Å². The van der Waals surface area contributed by atoms with E-state index in [1.807, 2.05) is 30.3 Å². The Morgan fingerprint density at radius 3 is 2.85 bits per heavy atom. The lowest BCUT2D eigenvalue weighted by Gasteiger charge is -2.33. The fourth-order valence-electron chi connectivity index (χ4n) is 3.52. The van der Waals surface area contributed by atoms with Crippen molar-refractivity contribution in [3.8, 4) is 0 Å². The van der Waals surface area contributed by atoms with Gasteiger partial charge in [0.05, 0.1) is 16.6 Å². The molecule has 2 aliphatic heterocycles. The Morgan fingerprint density at radius 2 is 2.04 bits per heavy atom. The van der Waals surface area contributed by atoms with Crippen molar-refractivity contribution in [3.63, 3.8) is 0 Å². The van der Waals surface area contributed by atoms with Gasteiger partial charge < -0.3 is 14.4 Å². The van der Waals surface area contributed by atoms with E-state index in [1.54, 1.807) is 23.1 Å². The summed E-state index contributed by atoms with van der Waals surface area (Å²) >= 11 is 3.22. The average Bonchev–Trinajstić information content (AvgIpc) is 3.45. The zero-order chi connectivity index (χ0) is 18.1. The Kier molecular flexibility index (Phi) is 4.96. The number of carbonyl (C=O) groups excluding carboxylic acids is 1. The molecule has 2 fully saturated rings. The third-order valence-corrected chi connectivity index (χ3v) is 5.57. The Balaban J connectivity index is 1.46. The Labute approximate surface area is 160 Å². The van der Waals surface area contributed by atoms with Crippen molar-refractivity contribution in [3.05, 3.63) is 69.9 Å². The molecule has 2 aromatic rings. The van der Waals surface area contributed by atoms with Crippen LogP contribution in [-0.4, -0.2) is 35.8 Å². The molecule has 1 amide bonds. The lowest BCUT2D eigenvalue weighted by atomic mass is 9.95. The molecule has 136 valence electrons. The Hall–Kier alpha value is -1.92. The van der Waals surface area contributed by atoms with Crippen molar-refractivity contribution in [1.82, 2.24) is 4.90 Å². The summed E-state index contributed by atoms with van der Waals surface area (Å²) in [6, 6.07) is 14.6. The number of likely N-dealkylation sites (tertiary alicyclic amines) is 1. The van der Waals surface area contributed by atoms with Gasteiger partial charge in [-0.1, -0.05) is 42.5 Å². The van der Waals surface area contributed by atoms with Gasteiger partial charge in [-0.15, -0.1) is 0 Å². The highest BCUT2D eigenvalue weighted by molar-refractivity contribution is 9.10. The minimum absolute atomic E-state index is 0.0357. The SMILES string of the molecule is O=C(OCc1ccccc1)N1CCC2OC2C1Cc1cccc(Br)c1F. The highest BCUT2D eigenvalue weighted by Gasteiger charge is 2.52. The first-order chi connectivity index (χ1) is 12.6. The van der Waals surface area contributed by atoms with Gasteiger partial charge in [-0.25, -0.2) is 9.18 Å². The number of rotatable bonds is 4. The third-order valence-electron chi connectivity index (χ3n) is 4.96. The van der Waals surface area contributed by atoms with E-state index < -0.39 is 0 Å². The summed E-state index contributed by atoms with van der Waals surface area (Å²) in [6.07, 6.45) is 0.970. The maximum atomic E-state index is 14.4. The first-order valence-electron chi connectivity index (χ1n) is 8.69. The molecule has 4 rings (SSSR count). The second-order valence-electron chi connectivity index (χ2n) is 6.65. The van der Waals surface area contributed by atoms with Crippen molar-refractivity contribution in [1.29, 1.82) is 0 Å². The molecular formula is C20H19BrFNO3. The highest BCUT2D eigenvalue weighted by atomic mass is 79.9. The van der Waals surface area contributed by atoms with Crippen molar-refractivity contribution in [2.24, 2.45) is 0 Å². The lowest BCUT2D eigenvalue weighted by molar-refractivity contribution is 0.0714. The van der Waals surface area contributed by atoms with Crippen LogP contribution in [-0.2, 0) is 22.5 Å². The van der Waals surface area contributed by atoms with Crippen molar-refractivity contribution >= 4 is 22.0 Å². The molecular weight excluding hydrogens is 401 g/mol. The summed E-state index contributed by atoms with van der Waals surface area (Å²) in [7, 11) is 0. The second-order valence-corrected chi connectivity index (χ2v) is 7.50. The minimum atomic E-state index is -0.372. The molecule has 0 N–H and O–H groups in total. The number of hydrogen-bond acceptors (Lipinski definition) is 3. The van der Waals surface area contributed by atoms with E-state index in [0.717, 1.165) is 12.0 Å². The number of hydrogen-bond donors (Lipinski definition) is 0. The van der Waals surface area contributed by atoms with Crippen LogP contribution in [0.15, 0.2) is 53.0 Å². The van der Waals surface area contributed by atoms with E-state index in [2.05, 4.69) is 15.9 Å². The summed E-state index contributed by atoms with van der Waals surface area (Å²) in [6.45, 7) is 0.790. The molecule has 0 aliphatic carbocycles. The molecule has 3 atom stereocenters. The van der Waals surface area contributed by atoms with Crippen LogP contribution < -0.4 is 0 Å². The first-order valence-corrected chi connectivity index (χ1v) is 9.48. The minimum Gasteiger partial charge on any atom is -0.445 e. The maximum Gasteiger partial charge on any atom is 0.410 e. The van der Waals surface area contributed by atoms with E-state index >= 15 is 0 Å². The topological polar surface area (TPSA) is 42.1 Å². The standard InChI is InChI=1S/C20H19BrFNO3/c21-15-8-4-7-14(18(15)22)11-16-19-17(26-19)9-10-23(16)20(24)25-12-13-5-2-1-3-6-13/h1-8,16-17,19H,9-12H2. The molecule has 0 bridgehead atoms. The van der Waals surface area contributed by atoms with Gasteiger partial charge in [-0.3, -0.25) is 0 Å². The molecule has 3 unspecified atom stereocenters. The molecule has 0 saturated carbocycles. The predicted molar refractivity (Wildman–Crippen MR) is 98.2 cm³/mol. The number of fused-ring (bicyclic) bond motifs is 1. The quantitative estimate of drug-likeness (QED) is 0.693. The molecule has 2 saturated heterocycles. The summed E-state index contributed by atoms with van der Waals surface area (Å²) in [5.74, 6) is -0.284. The normalized spacial score (nSPS) is 24.1. The van der Waals surface area contributed by atoms with E-state index in [1.165, 1.54) is 0 Å². The second kappa shape index (κ2) is 7.37. The van der Waals surface area contributed by atoms with Crippen LogP contribution in [0.2, 0.25) is 0 Å². The Bertz CT molecular complexity index is 801. The zero-order valence-corrected chi connectivity index (χ0v) is 15.7.